The van der Waals surface area contributed by atoms with E-state index in [1.165, 1.54) is 17.4 Å². The van der Waals surface area contributed by atoms with E-state index in [4.69, 9.17) is 23.2 Å². The number of halogens is 3. The van der Waals surface area contributed by atoms with Crippen molar-refractivity contribution in [3.8, 4) is 0 Å². The van der Waals surface area contributed by atoms with Crippen molar-refractivity contribution in [3.05, 3.63) is 55.9 Å². The van der Waals surface area contributed by atoms with E-state index in [-0.39, 0.29) is 16.9 Å². The van der Waals surface area contributed by atoms with Crippen molar-refractivity contribution in [3.63, 3.8) is 0 Å². The van der Waals surface area contributed by atoms with Crippen LogP contribution in [0.1, 0.15) is 16.5 Å². The van der Waals surface area contributed by atoms with Crippen LogP contribution < -0.4 is 5.32 Å². The molecule has 0 aliphatic carbocycles. The summed E-state index contributed by atoms with van der Waals surface area (Å²) in [4.78, 5) is 3.41. The molecule has 0 radical (unpaired) electrons. The molecule has 1 aromatic heterocycles. The van der Waals surface area contributed by atoms with Crippen LogP contribution in [0.25, 0.3) is 0 Å². The maximum absolute atomic E-state index is 13.8. The molecule has 1 N–H and O–H groups in total. The first-order valence-electron chi connectivity index (χ1n) is 6.81. The number of hydrogen-bond acceptors (Lipinski definition) is 3. The topological polar surface area (TPSA) is 15.3 Å². The van der Waals surface area contributed by atoms with Gasteiger partial charge in [-0.25, -0.2) is 4.39 Å². The molecule has 0 bridgehead atoms. The number of nitrogens with zero attached hydrogens (tertiary/aromatic N) is 1. The van der Waals surface area contributed by atoms with E-state index in [1.54, 1.807) is 6.07 Å². The van der Waals surface area contributed by atoms with Gasteiger partial charge in [-0.3, -0.25) is 4.90 Å². The standard InChI is InChI=1S/C15H15Cl2FN2S/c16-13-5-4-12(21-13)15(20-8-6-19-7-9-20)10-2-1-3-11(18)14(10)17/h1-5,15,19H,6-9H2/t15-/m0/s1. The molecule has 3 rings (SSSR count). The van der Waals surface area contributed by atoms with Crippen LogP contribution in [0.15, 0.2) is 30.3 Å². The number of benzene rings is 1. The molecule has 2 aromatic rings. The van der Waals surface area contributed by atoms with E-state index in [0.717, 1.165) is 41.0 Å². The van der Waals surface area contributed by atoms with Crippen LogP contribution >= 0.6 is 34.5 Å². The first-order valence-corrected chi connectivity index (χ1v) is 8.38. The molecule has 21 heavy (non-hydrogen) atoms. The molecule has 0 saturated carbocycles. The second-order valence-corrected chi connectivity index (χ2v) is 7.10. The lowest BCUT2D eigenvalue weighted by Gasteiger charge is -2.35. The van der Waals surface area contributed by atoms with Crippen molar-refractivity contribution < 1.29 is 4.39 Å². The largest absolute Gasteiger partial charge is 0.314 e. The molecule has 112 valence electrons. The molecular formula is C15H15Cl2FN2S. The summed E-state index contributed by atoms with van der Waals surface area (Å²) >= 11 is 13.8. The molecule has 0 unspecified atom stereocenters. The van der Waals surface area contributed by atoms with E-state index in [2.05, 4.69) is 10.2 Å². The normalized spacial score (nSPS) is 17.9. The van der Waals surface area contributed by atoms with Gasteiger partial charge in [0.2, 0.25) is 0 Å². The molecule has 1 aliphatic rings. The molecule has 2 heterocycles. The van der Waals surface area contributed by atoms with Gasteiger partial charge >= 0.3 is 0 Å². The van der Waals surface area contributed by atoms with Crippen LogP contribution in [0, 0.1) is 5.82 Å². The molecule has 0 spiro atoms. The van der Waals surface area contributed by atoms with Crippen molar-refractivity contribution in [1.82, 2.24) is 10.2 Å². The molecular weight excluding hydrogens is 330 g/mol. The Morgan fingerprint density at radius 3 is 2.57 bits per heavy atom. The number of nitrogens with one attached hydrogen (secondary N) is 1. The van der Waals surface area contributed by atoms with Crippen LogP contribution in [0.4, 0.5) is 4.39 Å². The summed E-state index contributed by atoms with van der Waals surface area (Å²) in [6.45, 7) is 3.63. The number of hydrogen-bond donors (Lipinski definition) is 1. The average Bonchev–Trinajstić information content (AvgIpc) is 2.91. The van der Waals surface area contributed by atoms with Gasteiger partial charge in [0.25, 0.3) is 0 Å². The average molecular weight is 345 g/mol. The van der Waals surface area contributed by atoms with Crippen LogP contribution in [-0.4, -0.2) is 31.1 Å². The molecule has 1 atom stereocenters. The Morgan fingerprint density at radius 1 is 1.14 bits per heavy atom. The molecule has 1 fully saturated rings. The Kier molecular flexibility index (Phi) is 4.82. The minimum absolute atomic E-state index is 0.0483. The van der Waals surface area contributed by atoms with Crippen molar-refractivity contribution in [2.75, 3.05) is 26.2 Å². The summed E-state index contributed by atoms with van der Waals surface area (Å²) in [5.41, 5.74) is 0.803. The summed E-state index contributed by atoms with van der Waals surface area (Å²) < 4.78 is 14.6. The van der Waals surface area contributed by atoms with Crippen LogP contribution in [-0.2, 0) is 0 Å². The highest BCUT2D eigenvalue weighted by Crippen LogP contribution is 2.38. The Morgan fingerprint density at radius 2 is 1.90 bits per heavy atom. The number of thiophene rings is 1. The lowest BCUT2D eigenvalue weighted by atomic mass is 10.0. The second kappa shape index (κ2) is 6.63. The molecule has 1 aliphatic heterocycles. The smallest absolute Gasteiger partial charge is 0.142 e. The lowest BCUT2D eigenvalue weighted by molar-refractivity contribution is 0.200. The Bertz CT molecular complexity index is 626. The first kappa shape index (κ1) is 15.3. The third-order valence-corrected chi connectivity index (χ3v) is 5.34. The molecule has 0 amide bonds. The highest BCUT2D eigenvalue weighted by Gasteiger charge is 2.27. The SMILES string of the molecule is Fc1cccc([C@@H](c2ccc(Cl)s2)N2CCNCC2)c1Cl. The summed E-state index contributed by atoms with van der Waals surface area (Å²) in [5, 5.41) is 3.53. The minimum Gasteiger partial charge on any atom is -0.314 e. The number of rotatable bonds is 3. The highest BCUT2D eigenvalue weighted by atomic mass is 35.5. The Hall–Kier alpha value is -0.650. The maximum Gasteiger partial charge on any atom is 0.142 e. The predicted molar refractivity (Wildman–Crippen MR) is 87.0 cm³/mol. The van der Waals surface area contributed by atoms with Gasteiger partial charge < -0.3 is 5.32 Å². The van der Waals surface area contributed by atoms with Gasteiger partial charge in [-0.05, 0) is 23.8 Å². The zero-order valence-electron chi connectivity index (χ0n) is 11.3. The third-order valence-electron chi connectivity index (χ3n) is 3.66. The fraction of sp³-hybridized carbons (Fsp3) is 0.333. The van der Waals surface area contributed by atoms with E-state index in [1.807, 2.05) is 18.2 Å². The van der Waals surface area contributed by atoms with Gasteiger partial charge in [0.1, 0.15) is 5.82 Å². The monoisotopic (exact) mass is 344 g/mol. The van der Waals surface area contributed by atoms with Crippen molar-refractivity contribution in [1.29, 1.82) is 0 Å². The van der Waals surface area contributed by atoms with Crippen molar-refractivity contribution in [2.24, 2.45) is 0 Å². The fourth-order valence-corrected chi connectivity index (χ4v) is 4.12. The van der Waals surface area contributed by atoms with Gasteiger partial charge in [-0.2, -0.15) is 0 Å². The van der Waals surface area contributed by atoms with Gasteiger partial charge in [0.15, 0.2) is 0 Å². The predicted octanol–water partition coefficient (Wildman–Crippen LogP) is 4.19. The zero-order valence-corrected chi connectivity index (χ0v) is 13.6. The summed E-state index contributed by atoms with van der Waals surface area (Å²) in [6, 6.07) is 8.83. The first-order chi connectivity index (χ1) is 10.2. The van der Waals surface area contributed by atoms with Crippen LogP contribution in [0.2, 0.25) is 9.36 Å². The second-order valence-electron chi connectivity index (χ2n) is 4.97. The van der Waals surface area contributed by atoms with Crippen LogP contribution in [0.3, 0.4) is 0 Å². The van der Waals surface area contributed by atoms with E-state index in [9.17, 15) is 4.39 Å². The quantitative estimate of drug-likeness (QED) is 0.897. The summed E-state index contributed by atoms with van der Waals surface area (Å²) in [7, 11) is 0. The van der Waals surface area contributed by atoms with Gasteiger partial charge in [-0.1, -0.05) is 35.3 Å². The number of piperazine rings is 1. The molecule has 2 nitrogen and oxygen atoms in total. The summed E-state index contributed by atoms with van der Waals surface area (Å²) in [5.74, 6) is -0.378. The molecule has 1 aromatic carbocycles. The van der Waals surface area contributed by atoms with Gasteiger partial charge in [-0.15, -0.1) is 11.3 Å². The fourth-order valence-electron chi connectivity index (χ4n) is 2.68. The van der Waals surface area contributed by atoms with Gasteiger partial charge in [0, 0.05) is 31.1 Å². The van der Waals surface area contributed by atoms with E-state index >= 15 is 0 Å². The minimum atomic E-state index is -0.378. The van der Waals surface area contributed by atoms with E-state index < -0.39 is 0 Å². The molecule has 1 saturated heterocycles. The maximum atomic E-state index is 13.8. The lowest BCUT2D eigenvalue weighted by Crippen LogP contribution is -2.45. The van der Waals surface area contributed by atoms with Crippen LogP contribution in [0.5, 0.6) is 0 Å². The molecule has 6 heteroatoms. The van der Waals surface area contributed by atoms with E-state index in [0.29, 0.717) is 0 Å². The zero-order chi connectivity index (χ0) is 14.8. The highest BCUT2D eigenvalue weighted by molar-refractivity contribution is 7.16. The third kappa shape index (κ3) is 3.25. The summed E-state index contributed by atoms with van der Waals surface area (Å²) in [6.07, 6.45) is 0. The Labute approximate surface area is 137 Å². The van der Waals surface area contributed by atoms with Gasteiger partial charge in [0.05, 0.1) is 15.4 Å². The Balaban J connectivity index is 2.04. The van der Waals surface area contributed by atoms with Crippen molar-refractivity contribution in [2.45, 2.75) is 6.04 Å². The van der Waals surface area contributed by atoms with Crippen molar-refractivity contribution >= 4 is 34.5 Å².